The lowest BCUT2D eigenvalue weighted by Gasteiger charge is -2.10. The zero-order valence-electron chi connectivity index (χ0n) is 15.8. The molecule has 2 heterocycles. The van der Waals surface area contributed by atoms with Crippen LogP contribution >= 0.6 is 11.3 Å². The van der Waals surface area contributed by atoms with E-state index in [0.29, 0.717) is 16.3 Å². The summed E-state index contributed by atoms with van der Waals surface area (Å²) in [4.78, 5) is 25.4. The molecule has 2 aromatic heterocycles. The largest absolute Gasteiger partial charge is 0.462 e. The number of aromatic nitrogens is 4. The smallest absolute Gasteiger partial charge is 0.341 e. The van der Waals surface area contributed by atoms with Gasteiger partial charge in [-0.05, 0) is 48.0 Å². The Hall–Kier alpha value is -3.34. The topological polar surface area (TPSA) is 111 Å². The molecule has 0 aliphatic carbocycles. The first-order chi connectivity index (χ1) is 14.0. The van der Waals surface area contributed by atoms with Crippen LogP contribution in [0.1, 0.15) is 29.1 Å². The summed E-state index contributed by atoms with van der Waals surface area (Å²) in [6.07, 6.45) is 2.10. The first kappa shape index (κ1) is 20.4. The number of aryl methyl sites for hydroxylation is 1. The minimum Gasteiger partial charge on any atom is -0.462 e. The fourth-order valence-electron chi connectivity index (χ4n) is 2.49. The number of amides is 1. The lowest BCUT2D eigenvalue weighted by molar-refractivity contribution is -0.114. The average Bonchev–Trinajstić information content (AvgIpc) is 3.37. The van der Waals surface area contributed by atoms with E-state index in [9.17, 15) is 14.0 Å². The second kappa shape index (κ2) is 9.24. The van der Waals surface area contributed by atoms with Gasteiger partial charge in [-0.15, -0.1) is 16.4 Å². The number of nitrogens with one attached hydrogen (secondary N) is 2. The molecule has 0 saturated carbocycles. The number of tetrazole rings is 1. The molecule has 2 N–H and O–H groups in total. The molecule has 1 amide bonds. The predicted octanol–water partition coefficient (Wildman–Crippen LogP) is 2.65. The van der Waals surface area contributed by atoms with Crippen molar-refractivity contribution in [2.45, 2.75) is 20.3 Å². The van der Waals surface area contributed by atoms with E-state index in [1.165, 1.54) is 40.5 Å². The molecule has 0 aliphatic rings. The summed E-state index contributed by atoms with van der Waals surface area (Å²) >= 11 is 1.31. The number of carbonyl (C=O) groups excluding carboxylic acids is 2. The number of ether oxygens (including phenoxy) is 1. The zero-order valence-corrected chi connectivity index (χ0v) is 16.6. The Balaban J connectivity index is 1.69. The van der Waals surface area contributed by atoms with Gasteiger partial charge in [-0.2, -0.15) is 0 Å². The fraction of sp³-hybridized carbons (Fsp3) is 0.278. The van der Waals surface area contributed by atoms with Crippen molar-refractivity contribution in [3.8, 4) is 5.69 Å². The monoisotopic (exact) mass is 418 g/mol. The molecule has 0 spiro atoms. The Morgan fingerprint density at radius 3 is 2.79 bits per heavy atom. The summed E-state index contributed by atoms with van der Waals surface area (Å²) in [7, 11) is 0. The lowest BCUT2D eigenvalue weighted by Crippen LogP contribution is -2.23. The van der Waals surface area contributed by atoms with Crippen LogP contribution in [0.15, 0.2) is 30.6 Å². The summed E-state index contributed by atoms with van der Waals surface area (Å²) in [5.41, 5.74) is 0.975. The number of rotatable bonds is 8. The van der Waals surface area contributed by atoms with Gasteiger partial charge in [-0.1, -0.05) is 6.92 Å². The van der Waals surface area contributed by atoms with Gasteiger partial charge in [0, 0.05) is 4.88 Å². The number of anilines is 2. The maximum atomic E-state index is 14.1. The molecule has 0 bridgehead atoms. The first-order valence-electron chi connectivity index (χ1n) is 8.88. The second-order valence-corrected chi connectivity index (χ2v) is 6.99. The van der Waals surface area contributed by atoms with Crippen LogP contribution in [0.5, 0.6) is 0 Å². The summed E-state index contributed by atoms with van der Waals surface area (Å²) < 4.78 is 20.5. The van der Waals surface area contributed by atoms with Gasteiger partial charge in [0.2, 0.25) is 5.91 Å². The van der Waals surface area contributed by atoms with Crippen LogP contribution in [0.3, 0.4) is 0 Å². The van der Waals surface area contributed by atoms with Crippen molar-refractivity contribution in [1.29, 1.82) is 0 Å². The summed E-state index contributed by atoms with van der Waals surface area (Å²) in [6, 6.07) is 5.97. The van der Waals surface area contributed by atoms with Crippen molar-refractivity contribution in [2.24, 2.45) is 0 Å². The summed E-state index contributed by atoms with van der Waals surface area (Å²) in [5.74, 6) is -1.44. The Labute approximate surface area is 169 Å². The fourth-order valence-corrected chi connectivity index (χ4v) is 3.49. The van der Waals surface area contributed by atoms with Crippen LogP contribution in [0.4, 0.5) is 15.1 Å². The molecule has 1 aromatic carbocycles. The van der Waals surface area contributed by atoms with Crippen molar-refractivity contribution in [1.82, 2.24) is 20.2 Å². The van der Waals surface area contributed by atoms with E-state index in [4.69, 9.17) is 4.74 Å². The van der Waals surface area contributed by atoms with E-state index in [2.05, 4.69) is 26.2 Å². The molecule has 0 atom stereocenters. The lowest BCUT2D eigenvalue weighted by atomic mass is 10.2. The van der Waals surface area contributed by atoms with Crippen LogP contribution in [0, 0.1) is 5.82 Å². The van der Waals surface area contributed by atoms with Gasteiger partial charge in [-0.3, -0.25) is 4.79 Å². The summed E-state index contributed by atoms with van der Waals surface area (Å²) in [6.45, 7) is 3.71. The predicted molar refractivity (Wildman–Crippen MR) is 106 cm³/mol. The van der Waals surface area contributed by atoms with E-state index < -0.39 is 17.7 Å². The SMILES string of the molecule is CCOC(=O)c1cc(CC)sc1NC(=O)CNc1cc(-n2cnnn2)ccc1F. The second-order valence-electron chi connectivity index (χ2n) is 5.85. The highest BCUT2D eigenvalue weighted by atomic mass is 32.1. The number of benzene rings is 1. The molecular weight excluding hydrogens is 399 g/mol. The Bertz CT molecular complexity index is 1010. The number of hydrogen-bond acceptors (Lipinski definition) is 8. The van der Waals surface area contributed by atoms with Crippen molar-refractivity contribution in [2.75, 3.05) is 23.8 Å². The van der Waals surface area contributed by atoms with E-state index in [-0.39, 0.29) is 18.8 Å². The van der Waals surface area contributed by atoms with Crippen molar-refractivity contribution in [3.05, 3.63) is 46.9 Å². The van der Waals surface area contributed by atoms with Crippen molar-refractivity contribution in [3.63, 3.8) is 0 Å². The average molecular weight is 418 g/mol. The standard InChI is InChI=1S/C18H19FN6O3S/c1-3-12-8-13(18(27)28-4-2)17(29-12)22-16(26)9-20-15-7-11(5-6-14(15)19)25-10-21-23-24-25/h5-8,10,20H,3-4,9H2,1-2H3,(H,22,26). The number of nitrogens with zero attached hydrogens (tertiary/aromatic N) is 4. The number of halogens is 1. The summed E-state index contributed by atoms with van der Waals surface area (Å²) in [5, 5.41) is 16.7. The molecule has 3 rings (SSSR count). The van der Waals surface area contributed by atoms with Crippen LogP contribution < -0.4 is 10.6 Å². The van der Waals surface area contributed by atoms with E-state index in [0.717, 1.165) is 11.3 Å². The van der Waals surface area contributed by atoms with Crippen molar-refractivity contribution < 1.29 is 18.7 Å². The molecule has 0 aliphatic heterocycles. The molecule has 11 heteroatoms. The Morgan fingerprint density at radius 1 is 1.28 bits per heavy atom. The van der Waals surface area contributed by atoms with E-state index >= 15 is 0 Å². The molecule has 0 fully saturated rings. The first-order valence-corrected chi connectivity index (χ1v) is 9.70. The molecule has 0 unspecified atom stereocenters. The highest BCUT2D eigenvalue weighted by molar-refractivity contribution is 7.16. The van der Waals surface area contributed by atoms with Crippen LogP contribution in [-0.4, -0.2) is 45.2 Å². The van der Waals surface area contributed by atoms with Crippen molar-refractivity contribution >= 4 is 33.9 Å². The highest BCUT2D eigenvalue weighted by Gasteiger charge is 2.18. The molecule has 29 heavy (non-hydrogen) atoms. The molecule has 0 saturated heterocycles. The molecule has 152 valence electrons. The van der Waals surface area contributed by atoms with Gasteiger partial charge in [0.25, 0.3) is 0 Å². The minimum absolute atomic E-state index is 0.124. The quantitative estimate of drug-likeness (QED) is 0.541. The minimum atomic E-state index is -0.522. The third-order valence-electron chi connectivity index (χ3n) is 3.88. The van der Waals surface area contributed by atoms with Crippen LogP contribution in [0.2, 0.25) is 0 Å². The van der Waals surface area contributed by atoms with Crippen LogP contribution in [-0.2, 0) is 16.0 Å². The van der Waals surface area contributed by atoms with Gasteiger partial charge in [0.05, 0.1) is 30.1 Å². The number of carbonyl (C=O) groups is 2. The van der Waals surface area contributed by atoms with E-state index in [1.54, 1.807) is 13.0 Å². The third kappa shape index (κ3) is 4.93. The molecule has 9 nitrogen and oxygen atoms in total. The van der Waals surface area contributed by atoms with Crippen LogP contribution in [0.25, 0.3) is 5.69 Å². The zero-order chi connectivity index (χ0) is 20.8. The normalized spacial score (nSPS) is 10.6. The molecule has 3 aromatic rings. The van der Waals surface area contributed by atoms with Gasteiger partial charge in [0.1, 0.15) is 17.1 Å². The number of esters is 1. The number of thiophene rings is 1. The molecular formula is C18H19FN6O3S. The van der Waals surface area contributed by atoms with Gasteiger partial charge < -0.3 is 15.4 Å². The Kier molecular flexibility index (Phi) is 6.50. The maximum absolute atomic E-state index is 14.1. The van der Waals surface area contributed by atoms with Gasteiger partial charge in [0.15, 0.2) is 0 Å². The number of hydrogen-bond donors (Lipinski definition) is 2. The van der Waals surface area contributed by atoms with Gasteiger partial charge >= 0.3 is 5.97 Å². The van der Waals surface area contributed by atoms with Gasteiger partial charge in [-0.25, -0.2) is 13.9 Å². The highest BCUT2D eigenvalue weighted by Crippen LogP contribution is 2.29. The Morgan fingerprint density at radius 2 is 2.10 bits per heavy atom. The van der Waals surface area contributed by atoms with E-state index in [1.807, 2.05) is 6.92 Å². The molecule has 0 radical (unpaired) electrons. The maximum Gasteiger partial charge on any atom is 0.341 e. The third-order valence-corrected chi connectivity index (χ3v) is 5.08.